The van der Waals surface area contributed by atoms with Crippen LogP contribution in [0.3, 0.4) is 0 Å². The molecule has 0 unspecified atom stereocenters. The molecule has 1 aliphatic rings. The standard InChI is InChI=1S/C10H12ClN3OS/c1-15-10(3-2-4-10)6-13-9-7(5-12)8(11)14-16-9/h13H,2-4,6H2,1H3. The smallest absolute Gasteiger partial charge is 0.162 e. The lowest BCUT2D eigenvalue weighted by atomic mass is 9.80. The fraction of sp³-hybridized carbons (Fsp3) is 0.600. The summed E-state index contributed by atoms with van der Waals surface area (Å²) in [7, 11) is 1.73. The predicted molar refractivity (Wildman–Crippen MR) is 63.9 cm³/mol. The molecule has 0 atom stereocenters. The Bertz CT molecular complexity index is 417. The van der Waals surface area contributed by atoms with Gasteiger partial charge in [-0.1, -0.05) is 11.6 Å². The third-order valence-corrected chi connectivity index (χ3v) is 4.21. The van der Waals surface area contributed by atoms with Crippen LogP contribution in [0.25, 0.3) is 0 Å². The number of nitrogens with one attached hydrogen (secondary N) is 1. The Balaban J connectivity index is 2.02. The Kier molecular flexibility index (Phi) is 3.33. The highest BCUT2D eigenvalue weighted by Gasteiger charge is 2.37. The molecule has 1 aromatic rings. The summed E-state index contributed by atoms with van der Waals surface area (Å²) in [5.74, 6) is 0. The monoisotopic (exact) mass is 257 g/mol. The van der Waals surface area contributed by atoms with Crippen molar-refractivity contribution in [1.29, 1.82) is 5.26 Å². The molecule has 1 N–H and O–H groups in total. The fourth-order valence-electron chi connectivity index (χ4n) is 1.75. The van der Waals surface area contributed by atoms with Crippen LogP contribution in [0.15, 0.2) is 0 Å². The van der Waals surface area contributed by atoms with E-state index in [1.807, 2.05) is 6.07 Å². The van der Waals surface area contributed by atoms with Crippen LogP contribution in [0.4, 0.5) is 5.00 Å². The molecular formula is C10H12ClN3OS. The maximum Gasteiger partial charge on any atom is 0.162 e. The maximum absolute atomic E-state index is 8.91. The summed E-state index contributed by atoms with van der Waals surface area (Å²) >= 11 is 7.00. The van der Waals surface area contributed by atoms with Gasteiger partial charge in [0.15, 0.2) is 5.15 Å². The van der Waals surface area contributed by atoms with E-state index >= 15 is 0 Å². The number of hydrogen-bond donors (Lipinski definition) is 1. The van der Waals surface area contributed by atoms with Gasteiger partial charge in [0.1, 0.15) is 16.6 Å². The molecule has 1 aromatic heterocycles. The lowest BCUT2D eigenvalue weighted by Crippen LogP contribution is -2.45. The van der Waals surface area contributed by atoms with E-state index in [9.17, 15) is 0 Å². The zero-order valence-corrected chi connectivity index (χ0v) is 10.5. The average Bonchev–Trinajstić information content (AvgIpc) is 2.58. The van der Waals surface area contributed by atoms with Gasteiger partial charge in [-0.2, -0.15) is 9.64 Å². The Morgan fingerprint density at radius 1 is 1.69 bits per heavy atom. The largest absolute Gasteiger partial charge is 0.376 e. The van der Waals surface area contributed by atoms with E-state index in [0.29, 0.717) is 12.1 Å². The first-order valence-corrected chi connectivity index (χ1v) is 6.20. The Morgan fingerprint density at radius 3 is 2.94 bits per heavy atom. The van der Waals surface area contributed by atoms with Gasteiger partial charge < -0.3 is 10.1 Å². The third kappa shape index (κ3) is 2.01. The summed E-state index contributed by atoms with van der Waals surface area (Å²) in [6, 6.07) is 2.05. The van der Waals surface area contributed by atoms with Crippen molar-refractivity contribution in [3.05, 3.63) is 10.7 Å². The number of nitriles is 1. The van der Waals surface area contributed by atoms with Crippen LogP contribution in [0.2, 0.25) is 5.15 Å². The first kappa shape index (κ1) is 11.6. The van der Waals surface area contributed by atoms with E-state index in [4.69, 9.17) is 21.6 Å². The molecule has 16 heavy (non-hydrogen) atoms. The molecule has 1 aliphatic carbocycles. The quantitative estimate of drug-likeness (QED) is 0.901. The zero-order chi connectivity index (χ0) is 11.6. The predicted octanol–water partition coefficient (Wildman–Crippen LogP) is 2.65. The summed E-state index contributed by atoms with van der Waals surface area (Å²) in [5.41, 5.74) is 0.362. The fourth-order valence-corrected chi connectivity index (χ4v) is 2.68. The number of anilines is 1. The Hall–Kier alpha value is -0.830. The topological polar surface area (TPSA) is 57.9 Å². The second-order valence-corrected chi connectivity index (χ2v) is 5.01. The number of aromatic nitrogens is 1. The normalized spacial score (nSPS) is 17.6. The van der Waals surface area contributed by atoms with Crippen molar-refractivity contribution in [1.82, 2.24) is 4.37 Å². The average molecular weight is 258 g/mol. The molecule has 2 rings (SSSR count). The van der Waals surface area contributed by atoms with E-state index in [0.717, 1.165) is 17.8 Å². The summed E-state index contributed by atoms with van der Waals surface area (Å²) in [4.78, 5) is 0. The molecule has 0 aliphatic heterocycles. The third-order valence-electron chi connectivity index (χ3n) is 3.03. The molecule has 0 spiro atoms. The molecular weight excluding hydrogens is 246 g/mol. The number of halogens is 1. The van der Waals surface area contributed by atoms with Gasteiger partial charge in [0.25, 0.3) is 0 Å². The minimum absolute atomic E-state index is 0.0663. The van der Waals surface area contributed by atoms with Gasteiger partial charge in [-0.25, -0.2) is 0 Å². The van der Waals surface area contributed by atoms with Crippen molar-refractivity contribution in [3.8, 4) is 6.07 Å². The summed E-state index contributed by atoms with van der Waals surface area (Å²) < 4.78 is 9.42. The van der Waals surface area contributed by atoms with E-state index in [1.165, 1.54) is 18.0 Å². The van der Waals surface area contributed by atoms with Crippen LogP contribution in [0, 0.1) is 11.3 Å². The number of rotatable bonds is 4. The summed E-state index contributed by atoms with van der Waals surface area (Å²) in [6.07, 6.45) is 3.32. The van der Waals surface area contributed by atoms with Gasteiger partial charge in [-0.05, 0) is 30.8 Å². The van der Waals surface area contributed by atoms with Crippen LogP contribution in [0.5, 0.6) is 0 Å². The molecule has 86 valence electrons. The second kappa shape index (κ2) is 4.58. The molecule has 0 radical (unpaired) electrons. The van der Waals surface area contributed by atoms with Crippen molar-refractivity contribution < 1.29 is 4.74 Å². The van der Waals surface area contributed by atoms with Gasteiger partial charge in [-0.3, -0.25) is 0 Å². The van der Waals surface area contributed by atoms with Crippen LogP contribution >= 0.6 is 23.1 Å². The van der Waals surface area contributed by atoms with Crippen LogP contribution in [-0.2, 0) is 4.74 Å². The van der Waals surface area contributed by atoms with E-state index in [1.54, 1.807) is 7.11 Å². The van der Waals surface area contributed by atoms with Crippen molar-refractivity contribution in [2.45, 2.75) is 24.9 Å². The highest BCUT2D eigenvalue weighted by molar-refractivity contribution is 7.10. The minimum Gasteiger partial charge on any atom is -0.376 e. The highest BCUT2D eigenvalue weighted by atomic mass is 35.5. The van der Waals surface area contributed by atoms with Gasteiger partial charge in [0.05, 0.1) is 5.60 Å². The number of methoxy groups -OCH3 is 1. The molecule has 0 bridgehead atoms. The number of ether oxygens (including phenoxy) is 1. The van der Waals surface area contributed by atoms with Crippen LogP contribution in [0.1, 0.15) is 24.8 Å². The minimum atomic E-state index is -0.0663. The van der Waals surface area contributed by atoms with Gasteiger partial charge in [0, 0.05) is 13.7 Å². The van der Waals surface area contributed by atoms with Crippen molar-refractivity contribution in [2.75, 3.05) is 19.0 Å². The Labute approximate surface area is 103 Å². The molecule has 6 heteroatoms. The molecule has 0 amide bonds. The molecule has 1 fully saturated rings. The van der Waals surface area contributed by atoms with Gasteiger partial charge >= 0.3 is 0 Å². The first-order chi connectivity index (χ1) is 7.71. The number of hydrogen-bond acceptors (Lipinski definition) is 5. The van der Waals surface area contributed by atoms with Gasteiger partial charge in [-0.15, -0.1) is 0 Å². The molecule has 1 heterocycles. The van der Waals surface area contributed by atoms with Crippen LogP contribution < -0.4 is 5.32 Å². The highest BCUT2D eigenvalue weighted by Crippen LogP contribution is 2.36. The Morgan fingerprint density at radius 2 is 2.44 bits per heavy atom. The lowest BCUT2D eigenvalue weighted by molar-refractivity contribution is -0.0600. The summed E-state index contributed by atoms with van der Waals surface area (Å²) in [5, 5.41) is 13.1. The van der Waals surface area contributed by atoms with Crippen molar-refractivity contribution in [3.63, 3.8) is 0 Å². The summed E-state index contributed by atoms with van der Waals surface area (Å²) in [6.45, 7) is 0.705. The molecule has 4 nitrogen and oxygen atoms in total. The van der Waals surface area contributed by atoms with Crippen molar-refractivity contribution in [2.24, 2.45) is 0 Å². The first-order valence-electron chi connectivity index (χ1n) is 5.05. The lowest BCUT2D eigenvalue weighted by Gasteiger charge is -2.40. The number of nitrogens with zero attached hydrogens (tertiary/aromatic N) is 2. The van der Waals surface area contributed by atoms with Crippen LogP contribution in [-0.4, -0.2) is 23.6 Å². The SMILES string of the molecule is COC1(CNc2snc(Cl)c2C#N)CCC1. The van der Waals surface area contributed by atoms with Gasteiger partial charge in [0.2, 0.25) is 0 Å². The van der Waals surface area contributed by atoms with E-state index in [-0.39, 0.29) is 10.8 Å². The molecule has 1 saturated carbocycles. The molecule has 0 saturated heterocycles. The zero-order valence-electron chi connectivity index (χ0n) is 8.92. The van der Waals surface area contributed by atoms with E-state index in [2.05, 4.69) is 9.69 Å². The maximum atomic E-state index is 8.91. The van der Waals surface area contributed by atoms with E-state index < -0.39 is 0 Å². The second-order valence-electron chi connectivity index (χ2n) is 3.88. The molecule has 0 aromatic carbocycles. The van der Waals surface area contributed by atoms with Crippen molar-refractivity contribution >= 4 is 28.1 Å².